The van der Waals surface area contributed by atoms with E-state index in [1.165, 1.54) is 29.2 Å². The minimum Gasteiger partial charge on any atom is -0.415 e. The second kappa shape index (κ2) is 25.4. The van der Waals surface area contributed by atoms with Gasteiger partial charge in [-0.2, -0.15) is 17.6 Å². The number of alkyl halides is 4. The molecule has 2 saturated heterocycles. The normalized spacial score (nSPS) is 14.0. The summed E-state index contributed by atoms with van der Waals surface area (Å²) >= 11 is 0. The molecule has 0 spiro atoms. The van der Waals surface area contributed by atoms with Crippen molar-refractivity contribution in [3.05, 3.63) is 168 Å². The molecule has 5 heterocycles. The third-order valence-corrected chi connectivity index (χ3v) is 12.9. The summed E-state index contributed by atoms with van der Waals surface area (Å²) in [5.41, 5.74) is 5.29. The summed E-state index contributed by atoms with van der Waals surface area (Å²) in [6.07, 6.45) is 0.563. The number of likely N-dealkylation sites (N-methyl/N-ethyl adjacent to an activating group) is 2. The molecular formula is C55H53F6N11O5. The van der Waals surface area contributed by atoms with Crippen molar-refractivity contribution < 1.29 is 49.9 Å². The zero-order valence-corrected chi connectivity index (χ0v) is 41.9. The number of nitrogens with zero attached hydrogens (tertiary/aromatic N) is 10. The van der Waals surface area contributed by atoms with Gasteiger partial charge < -0.3 is 29.3 Å². The lowest BCUT2D eigenvalue weighted by molar-refractivity contribution is -0.131. The number of carbonyl (C=O) groups excluding carboxylic acids is 4. The Hall–Kier alpha value is -8.50. The lowest BCUT2D eigenvalue weighted by atomic mass is 10.0. The SMILES string of the molecule is CN1CCN(C(=O)N(Cc2ccc(-c3nnc(C(F)F)o3)cc2F)c2cccc(-c3ccncc3)c2)CC1.CN1CCN(C(=O)N(Cc2ccc(C(=O)CNC(=O)C(F)F)cc2F)c2cccc(-c3ccncc3)c2)CC1. The van der Waals surface area contributed by atoms with E-state index in [1.54, 1.807) is 45.6 Å². The van der Waals surface area contributed by atoms with Crippen molar-refractivity contribution in [3.63, 3.8) is 0 Å². The number of hydrogen-bond donors (Lipinski definition) is 1. The third kappa shape index (κ3) is 14.1. The number of nitrogens with one attached hydrogen (secondary N) is 1. The minimum absolute atomic E-state index is 0.0385. The fourth-order valence-corrected chi connectivity index (χ4v) is 8.46. The van der Waals surface area contributed by atoms with Crippen LogP contribution in [0.1, 0.15) is 33.8 Å². The Morgan fingerprint density at radius 1 is 0.571 bits per heavy atom. The molecule has 0 saturated carbocycles. The molecule has 0 atom stereocenters. The standard InChI is InChI=1S/C28H28F3N5O3.C27H25F3N6O2/c1-34-11-13-35(14-12-34)28(39)36(23-4-2-3-20(15-23)19-7-9-32-10-8-19)18-22-6-5-21(16-24(22)29)25(37)17-33-27(38)26(30)31;1-34-11-13-35(14-12-34)27(37)36(22-4-2-3-19(15-22)18-7-9-31-10-8-18)17-21-6-5-20(16-23(21)28)25-32-33-26(38-25)24(29)30/h2-10,15-16,26H,11-14,17-18H2,1H3,(H,33,38);2-10,15-16,24H,11-14,17H2,1H3. The van der Waals surface area contributed by atoms with Gasteiger partial charge in [-0.25, -0.2) is 18.4 Å². The first-order chi connectivity index (χ1) is 37.1. The molecule has 9 rings (SSSR count). The smallest absolute Gasteiger partial charge is 0.324 e. The maximum Gasteiger partial charge on any atom is 0.324 e. The molecule has 2 aliphatic heterocycles. The van der Waals surface area contributed by atoms with Gasteiger partial charge in [-0.1, -0.05) is 42.5 Å². The van der Waals surface area contributed by atoms with E-state index in [0.29, 0.717) is 50.6 Å². The average Bonchev–Trinajstić information content (AvgIpc) is 3.96. The van der Waals surface area contributed by atoms with Crippen molar-refractivity contribution in [3.8, 4) is 33.7 Å². The van der Waals surface area contributed by atoms with Gasteiger partial charge in [0.25, 0.3) is 11.8 Å². The van der Waals surface area contributed by atoms with Crippen LogP contribution in [-0.4, -0.2) is 143 Å². The Labute approximate surface area is 439 Å². The Bertz CT molecular complexity index is 3160. The monoisotopic (exact) mass is 1060 g/mol. The number of pyridine rings is 2. The van der Waals surface area contributed by atoms with E-state index in [0.717, 1.165) is 47.5 Å². The topological polar surface area (TPSA) is 164 Å². The first-order valence-corrected chi connectivity index (χ1v) is 24.4. The zero-order valence-electron chi connectivity index (χ0n) is 41.9. The van der Waals surface area contributed by atoms with Gasteiger partial charge in [0.2, 0.25) is 5.89 Å². The predicted octanol–water partition coefficient (Wildman–Crippen LogP) is 9.08. The number of hydrogen-bond acceptors (Lipinski definition) is 11. The van der Waals surface area contributed by atoms with Crippen LogP contribution in [0.5, 0.6) is 0 Å². The number of piperazine rings is 2. The molecule has 16 nitrogen and oxygen atoms in total. The Balaban J connectivity index is 0.000000204. The highest BCUT2D eigenvalue weighted by atomic mass is 19.3. The van der Waals surface area contributed by atoms with E-state index in [4.69, 9.17) is 4.42 Å². The summed E-state index contributed by atoms with van der Waals surface area (Å²) in [6.45, 7) is 4.24. The van der Waals surface area contributed by atoms with Crippen LogP contribution in [0.4, 0.5) is 47.3 Å². The van der Waals surface area contributed by atoms with Crippen molar-refractivity contribution in [1.82, 2.24) is 45.1 Å². The molecule has 7 aromatic rings. The quantitative estimate of drug-likeness (QED) is 0.0816. The number of halogens is 6. The van der Waals surface area contributed by atoms with Crippen molar-refractivity contribution in [1.29, 1.82) is 0 Å². The number of ketones is 1. The summed E-state index contributed by atoms with van der Waals surface area (Å²) in [7, 11) is 3.98. The third-order valence-electron chi connectivity index (χ3n) is 12.9. The van der Waals surface area contributed by atoms with Crippen LogP contribution in [0.3, 0.4) is 0 Å². The molecule has 0 unspecified atom stereocenters. The molecule has 3 aromatic heterocycles. The van der Waals surface area contributed by atoms with Gasteiger partial charge in [0, 0.05) is 111 Å². The highest BCUT2D eigenvalue weighted by Crippen LogP contribution is 2.31. The van der Waals surface area contributed by atoms with Crippen LogP contribution in [0.25, 0.3) is 33.7 Å². The number of aromatic nitrogens is 4. The van der Waals surface area contributed by atoms with Gasteiger partial charge in [-0.3, -0.25) is 29.4 Å². The first-order valence-electron chi connectivity index (χ1n) is 24.4. The number of urea groups is 2. The van der Waals surface area contributed by atoms with Gasteiger partial charge in [-0.05, 0) is 103 Å². The molecule has 4 aromatic carbocycles. The molecule has 1 N–H and O–H groups in total. The van der Waals surface area contributed by atoms with Crippen molar-refractivity contribution in [2.75, 3.05) is 82.8 Å². The van der Waals surface area contributed by atoms with E-state index in [1.807, 2.05) is 86.1 Å². The number of anilines is 2. The molecule has 77 heavy (non-hydrogen) atoms. The molecule has 400 valence electrons. The number of rotatable bonds is 14. The largest absolute Gasteiger partial charge is 0.415 e. The Morgan fingerprint density at radius 3 is 1.49 bits per heavy atom. The maximum absolute atomic E-state index is 15.3. The Morgan fingerprint density at radius 2 is 1.05 bits per heavy atom. The molecule has 0 bridgehead atoms. The number of amides is 5. The first kappa shape index (κ1) is 54.8. The maximum atomic E-state index is 15.3. The van der Waals surface area contributed by atoms with Crippen LogP contribution >= 0.6 is 0 Å². The van der Waals surface area contributed by atoms with Gasteiger partial charge in [0.1, 0.15) is 11.6 Å². The Kier molecular flexibility index (Phi) is 18.0. The molecule has 0 aliphatic carbocycles. The summed E-state index contributed by atoms with van der Waals surface area (Å²) in [4.78, 5) is 69.7. The van der Waals surface area contributed by atoms with Crippen LogP contribution in [-0.2, 0) is 17.9 Å². The van der Waals surface area contributed by atoms with Gasteiger partial charge in [-0.15, -0.1) is 10.2 Å². The van der Waals surface area contributed by atoms with E-state index in [2.05, 4.69) is 30.0 Å². The van der Waals surface area contributed by atoms with Crippen molar-refractivity contribution >= 4 is 35.1 Å². The number of Topliss-reactive ketones (excluding diaryl/α,β-unsaturated/α-hetero) is 1. The second-order valence-corrected chi connectivity index (χ2v) is 18.2. The molecule has 22 heteroatoms. The molecule has 5 amide bonds. The number of benzene rings is 4. The molecule has 2 aliphatic rings. The summed E-state index contributed by atoms with van der Waals surface area (Å²) in [5, 5.41) is 8.68. The van der Waals surface area contributed by atoms with E-state index in [-0.39, 0.29) is 53.3 Å². The van der Waals surface area contributed by atoms with Crippen LogP contribution in [0.2, 0.25) is 0 Å². The van der Waals surface area contributed by atoms with E-state index in [9.17, 15) is 36.7 Å². The summed E-state index contributed by atoms with van der Waals surface area (Å²) in [6, 6.07) is 29.7. The molecule has 2 fully saturated rings. The van der Waals surface area contributed by atoms with E-state index < -0.39 is 48.6 Å². The van der Waals surface area contributed by atoms with Gasteiger partial charge >= 0.3 is 24.9 Å². The van der Waals surface area contributed by atoms with Crippen LogP contribution in [0, 0.1) is 11.6 Å². The lowest BCUT2D eigenvalue weighted by Gasteiger charge is -2.36. The zero-order chi connectivity index (χ0) is 54.6. The van der Waals surface area contributed by atoms with Crippen LogP contribution < -0.4 is 15.1 Å². The van der Waals surface area contributed by atoms with Gasteiger partial charge in [0.15, 0.2) is 5.78 Å². The molecule has 0 radical (unpaired) electrons. The summed E-state index contributed by atoms with van der Waals surface area (Å²) < 4.78 is 85.8. The number of carbonyl (C=O) groups is 4. The fourth-order valence-electron chi connectivity index (χ4n) is 8.46. The van der Waals surface area contributed by atoms with Crippen molar-refractivity contribution in [2.24, 2.45) is 0 Å². The fraction of sp³-hybridized carbons (Fsp3) is 0.273. The minimum atomic E-state index is -3.25. The van der Waals surface area contributed by atoms with Crippen LogP contribution in [0.15, 0.2) is 138 Å². The average molecular weight is 1060 g/mol. The summed E-state index contributed by atoms with van der Waals surface area (Å²) in [5.74, 6) is -4.69. The van der Waals surface area contributed by atoms with Crippen molar-refractivity contribution in [2.45, 2.75) is 25.9 Å². The lowest BCUT2D eigenvalue weighted by Crippen LogP contribution is -2.52. The van der Waals surface area contributed by atoms with Gasteiger partial charge in [0.05, 0.1) is 19.6 Å². The van der Waals surface area contributed by atoms with E-state index >= 15 is 8.78 Å². The highest BCUT2D eigenvalue weighted by Gasteiger charge is 2.29. The molecular weight excluding hydrogens is 1010 g/mol. The predicted molar refractivity (Wildman–Crippen MR) is 275 cm³/mol. The second-order valence-electron chi connectivity index (χ2n) is 18.2. The highest BCUT2D eigenvalue weighted by molar-refractivity contribution is 6.00.